The molecule has 0 aliphatic heterocycles. The molecule has 1 heterocycles. The number of rotatable bonds is 4. The van der Waals surface area contributed by atoms with Crippen LogP contribution in [0.2, 0.25) is 0 Å². The maximum Gasteiger partial charge on any atom is 0.451 e. The number of alkyl halides is 3. The van der Waals surface area contributed by atoms with Gasteiger partial charge in [0.1, 0.15) is 0 Å². The van der Waals surface area contributed by atoms with E-state index in [0.717, 1.165) is 10.0 Å². The molecule has 1 aromatic heterocycles. The van der Waals surface area contributed by atoms with Crippen molar-refractivity contribution in [3.63, 3.8) is 0 Å². The quantitative estimate of drug-likeness (QED) is 0.877. The van der Waals surface area contributed by atoms with Crippen molar-refractivity contribution >= 4 is 27.8 Å². The zero-order chi connectivity index (χ0) is 15.5. The summed E-state index contributed by atoms with van der Waals surface area (Å²) in [5.41, 5.74) is 0.929. The van der Waals surface area contributed by atoms with Crippen LogP contribution in [0.1, 0.15) is 17.8 Å². The van der Waals surface area contributed by atoms with Gasteiger partial charge < -0.3 is 0 Å². The van der Waals surface area contributed by atoms with Crippen LogP contribution >= 0.6 is 15.9 Å². The number of nitrogens with zero attached hydrogens (tertiary/aromatic N) is 2. The topological polar surface area (TPSA) is 70.7 Å². The van der Waals surface area contributed by atoms with Gasteiger partial charge in [0.15, 0.2) is 0 Å². The number of benzene rings is 1. The largest absolute Gasteiger partial charge is 0.451 e. The number of aromatic nitrogens is 3. The fourth-order valence-electron chi connectivity index (χ4n) is 1.58. The molecule has 2 N–H and O–H groups in total. The summed E-state index contributed by atoms with van der Waals surface area (Å²) in [6.07, 6.45) is -4.06. The lowest BCUT2D eigenvalue weighted by Crippen LogP contribution is -2.14. The van der Waals surface area contributed by atoms with Gasteiger partial charge >= 0.3 is 6.18 Å². The van der Waals surface area contributed by atoms with Crippen LogP contribution in [0.25, 0.3) is 0 Å². The lowest BCUT2D eigenvalue weighted by molar-refractivity contribution is -0.144. The monoisotopic (exact) mass is 362 g/mol. The molecular formula is C12H10BrF3N4O. The Kier molecular flexibility index (Phi) is 4.61. The summed E-state index contributed by atoms with van der Waals surface area (Å²) >= 11 is 3.35. The molecule has 0 saturated heterocycles. The zero-order valence-corrected chi connectivity index (χ0v) is 12.1. The fraction of sp³-hybridized carbons (Fsp3) is 0.250. The number of halogens is 4. The minimum Gasteiger partial charge on any atom is -0.293 e. The van der Waals surface area contributed by atoms with E-state index in [1.54, 1.807) is 5.10 Å². The highest BCUT2D eigenvalue weighted by atomic mass is 79.9. The molecule has 1 amide bonds. The van der Waals surface area contributed by atoms with Gasteiger partial charge in [0.2, 0.25) is 17.7 Å². The second-order valence-electron chi connectivity index (χ2n) is 4.14. The maximum absolute atomic E-state index is 12.3. The van der Waals surface area contributed by atoms with Crippen LogP contribution in [0.4, 0.5) is 19.1 Å². The predicted octanol–water partition coefficient (Wildman–Crippen LogP) is 3.16. The molecule has 1 aromatic carbocycles. The number of hydrogen-bond acceptors (Lipinski definition) is 3. The lowest BCUT2D eigenvalue weighted by atomic mass is 10.1. The molecule has 0 saturated carbocycles. The van der Waals surface area contributed by atoms with Gasteiger partial charge in [-0.25, -0.2) is 0 Å². The zero-order valence-electron chi connectivity index (χ0n) is 10.5. The highest BCUT2D eigenvalue weighted by Crippen LogP contribution is 2.26. The highest BCUT2D eigenvalue weighted by Gasteiger charge is 2.35. The van der Waals surface area contributed by atoms with Crippen molar-refractivity contribution < 1.29 is 18.0 Å². The molecule has 2 rings (SSSR count). The summed E-state index contributed by atoms with van der Waals surface area (Å²) in [7, 11) is 0. The van der Waals surface area contributed by atoms with E-state index >= 15 is 0 Å². The molecule has 0 aliphatic rings. The van der Waals surface area contributed by atoms with Crippen molar-refractivity contribution in [2.45, 2.75) is 19.0 Å². The third-order valence-corrected chi connectivity index (χ3v) is 3.36. The molecule has 0 unspecified atom stereocenters. The molecule has 2 aromatic rings. The van der Waals surface area contributed by atoms with Gasteiger partial charge in [-0.2, -0.15) is 18.2 Å². The molecule has 0 fully saturated rings. The minimum atomic E-state index is -4.62. The molecule has 0 atom stereocenters. The van der Waals surface area contributed by atoms with Crippen molar-refractivity contribution in [2.75, 3.05) is 5.32 Å². The van der Waals surface area contributed by atoms with Gasteiger partial charge in [-0.15, -0.1) is 5.10 Å². The van der Waals surface area contributed by atoms with E-state index in [1.165, 1.54) is 0 Å². The van der Waals surface area contributed by atoms with Crippen LogP contribution in [-0.4, -0.2) is 21.1 Å². The third-order valence-electron chi connectivity index (χ3n) is 2.58. The molecule has 5 nitrogen and oxygen atoms in total. The number of carbonyl (C=O) groups is 1. The average molecular weight is 363 g/mol. The number of amides is 1. The lowest BCUT2D eigenvalue weighted by Gasteiger charge is -2.04. The number of H-pyrrole nitrogens is 1. The summed E-state index contributed by atoms with van der Waals surface area (Å²) in [5.74, 6) is -2.10. The van der Waals surface area contributed by atoms with Crippen LogP contribution in [0.15, 0.2) is 28.7 Å². The summed E-state index contributed by atoms with van der Waals surface area (Å²) < 4.78 is 37.8. The number of aromatic amines is 1. The van der Waals surface area contributed by atoms with Crippen molar-refractivity contribution in [3.05, 3.63) is 40.1 Å². The maximum atomic E-state index is 12.3. The van der Waals surface area contributed by atoms with Gasteiger partial charge in [0, 0.05) is 10.9 Å². The molecule has 0 radical (unpaired) electrons. The highest BCUT2D eigenvalue weighted by molar-refractivity contribution is 9.10. The first-order chi connectivity index (χ1) is 9.86. The van der Waals surface area contributed by atoms with Crippen LogP contribution < -0.4 is 5.32 Å². The molecular weight excluding hydrogens is 353 g/mol. The molecule has 0 spiro atoms. The molecule has 21 heavy (non-hydrogen) atoms. The fourth-order valence-corrected chi connectivity index (χ4v) is 2.06. The SMILES string of the molecule is O=C(CCc1ccccc1Br)Nc1n[nH]c(C(F)(F)F)n1. The van der Waals surface area contributed by atoms with Gasteiger partial charge in [-0.05, 0) is 18.1 Å². The second-order valence-corrected chi connectivity index (χ2v) is 5.00. The Hall–Kier alpha value is -1.90. The standard InChI is InChI=1S/C12H10BrF3N4O/c13-8-4-2-1-3-7(8)5-6-9(21)17-11-18-10(19-20-11)12(14,15)16/h1-4H,5-6H2,(H2,17,18,19,20,21). The molecule has 0 bridgehead atoms. The first-order valence-corrected chi connectivity index (χ1v) is 6.68. The Morgan fingerprint density at radius 1 is 1.33 bits per heavy atom. The number of hydrogen-bond donors (Lipinski definition) is 2. The van der Waals surface area contributed by atoms with Crippen molar-refractivity contribution in [2.24, 2.45) is 0 Å². The predicted molar refractivity (Wildman–Crippen MR) is 72.5 cm³/mol. The second kappa shape index (κ2) is 6.25. The smallest absolute Gasteiger partial charge is 0.293 e. The van der Waals surface area contributed by atoms with Crippen LogP contribution in [0.5, 0.6) is 0 Å². The van der Waals surface area contributed by atoms with E-state index in [1.807, 2.05) is 24.3 Å². The van der Waals surface area contributed by atoms with Gasteiger partial charge in [0.25, 0.3) is 0 Å². The molecule has 112 valence electrons. The van der Waals surface area contributed by atoms with Crippen molar-refractivity contribution in [1.82, 2.24) is 15.2 Å². The van der Waals surface area contributed by atoms with E-state index in [4.69, 9.17) is 0 Å². The van der Waals surface area contributed by atoms with Crippen molar-refractivity contribution in [3.8, 4) is 0 Å². The Morgan fingerprint density at radius 3 is 2.67 bits per heavy atom. The third kappa shape index (κ3) is 4.28. The first kappa shape index (κ1) is 15.5. The van der Waals surface area contributed by atoms with Crippen LogP contribution in [0, 0.1) is 0 Å². The number of nitrogens with one attached hydrogen (secondary N) is 2. The number of aryl methyl sites for hydroxylation is 1. The van der Waals surface area contributed by atoms with Gasteiger partial charge in [0.05, 0.1) is 0 Å². The summed E-state index contributed by atoms with van der Waals surface area (Å²) in [5, 5.41) is 7.24. The average Bonchev–Trinajstić information content (AvgIpc) is 2.86. The summed E-state index contributed by atoms with van der Waals surface area (Å²) in [6.45, 7) is 0. The van der Waals surface area contributed by atoms with Crippen LogP contribution in [-0.2, 0) is 17.4 Å². The van der Waals surface area contributed by atoms with E-state index in [0.29, 0.717) is 6.42 Å². The summed E-state index contributed by atoms with van der Waals surface area (Å²) in [4.78, 5) is 14.8. The first-order valence-electron chi connectivity index (χ1n) is 5.89. The molecule has 9 heteroatoms. The van der Waals surface area contributed by atoms with E-state index in [9.17, 15) is 18.0 Å². The van der Waals surface area contributed by atoms with Crippen molar-refractivity contribution in [1.29, 1.82) is 0 Å². The van der Waals surface area contributed by atoms with E-state index in [-0.39, 0.29) is 12.4 Å². The number of carbonyl (C=O) groups excluding carboxylic acids is 1. The molecule has 0 aliphatic carbocycles. The minimum absolute atomic E-state index is 0.110. The Labute approximate surface area is 126 Å². The summed E-state index contributed by atoms with van der Waals surface area (Å²) in [6, 6.07) is 7.38. The Morgan fingerprint density at radius 2 is 2.05 bits per heavy atom. The van der Waals surface area contributed by atoms with E-state index in [2.05, 4.69) is 31.3 Å². The Balaban J connectivity index is 1.90. The van der Waals surface area contributed by atoms with E-state index < -0.39 is 17.9 Å². The number of anilines is 1. The van der Waals surface area contributed by atoms with Crippen LogP contribution in [0.3, 0.4) is 0 Å². The Bertz CT molecular complexity index is 641. The van der Waals surface area contributed by atoms with Gasteiger partial charge in [-0.1, -0.05) is 34.1 Å². The normalized spacial score (nSPS) is 11.4. The van der Waals surface area contributed by atoms with Gasteiger partial charge in [-0.3, -0.25) is 15.2 Å².